The van der Waals surface area contributed by atoms with E-state index in [9.17, 15) is 14.9 Å². The zero-order chi connectivity index (χ0) is 17.9. The number of carbonyl (C=O) groups is 1. The molecule has 1 amide bonds. The molecule has 0 saturated carbocycles. The number of carbonyl (C=O) groups excluding carboxylic acids is 1. The van der Waals surface area contributed by atoms with Crippen LogP contribution in [0.15, 0.2) is 54.6 Å². The van der Waals surface area contributed by atoms with Crippen LogP contribution < -0.4 is 5.32 Å². The summed E-state index contributed by atoms with van der Waals surface area (Å²) in [6.45, 7) is 0.708. The molecular formula is C20H19N3O3. The molecule has 2 fully saturated rings. The third-order valence-corrected chi connectivity index (χ3v) is 6.28. The summed E-state index contributed by atoms with van der Waals surface area (Å²) < 4.78 is 0. The maximum atomic E-state index is 13.2. The lowest BCUT2D eigenvalue weighted by atomic mass is 9.77. The lowest BCUT2D eigenvalue weighted by molar-refractivity contribution is -0.534. The van der Waals surface area contributed by atoms with E-state index >= 15 is 0 Å². The van der Waals surface area contributed by atoms with E-state index in [2.05, 4.69) is 10.2 Å². The minimum absolute atomic E-state index is 0.00436. The van der Waals surface area contributed by atoms with Crippen molar-refractivity contribution in [1.29, 1.82) is 0 Å². The molecule has 132 valence electrons. The summed E-state index contributed by atoms with van der Waals surface area (Å²) in [5.41, 5.74) is 1.17. The highest BCUT2D eigenvalue weighted by Gasteiger charge is 2.73. The van der Waals surface area contributed by atoms with E-state index in [-0.39, 0.29) is 22.8 Å². The van der Waals surface area contributed by atoms with Crippen molar-refractivity contribution in [2.24, 2.45) is 0 Å². The molecule has 2 aromatic rings. The number of rotatable bonds is 2. The van der Waals surface area contributed by atoms with E-state index in [1.54, 1.807) is 0 Å². The summed E-state index contributed by atoms with van der Waals surface area (Å²) >= 11 is 0. The van der Waals surface area contributed by atoms with Gasteiger partial charge in [0.15, 0.2) is 5.54 Å². The molecule has 3 aliphatic heterocycles. The average molecular weight is 349 g/mol. The van der Waals surface area contributed by atoms with E-state index in [1.807, 2.05) is 54.6 Å². The Morgan fingerprint density at radius 3 is 2.62 bits per heavy atom. The second-order valence-electron chi connectivity index (χ2n) is 7.34. The molecule has 0 bridgehead atoms. The van der Waals surface area contributed by atoms with Crippen LogP contribution in [0.4, 0.5) is 5.69 Å². The first-order chi connectivity index (χ1) is 12.7. The number of benzene rings is 2. The van der Waals surface area contributed by atoms with Crippen molar-refractivity contribution in [2.45, 2.75) is 36.4 Å². The van der Waals surface area contributed by atoms with Gasteiger partial charge >= 0.3 is 0 Å². The second-order valence-corrected chi connectivity index (χ2v) is 7.34. The van der Waals surface area contributed by atoms with Gasteiger partial charge in [-0.25, -0.2) is 0 Å². The molecule has 1 spiro atoms. The van der Waals surface area contributed by atoms with E-state index < -0.39 is 11.6 Å². The number of anilines is 1. The fraction of sp³-hybridized carbons (Fsp3) is 0.350. The number of nitrogens with zero attached hydrogens (tertiary/aromatic N) is 2. The maximum absolute atomic E-state index is 13.2. The Morgan fingerprint density at radius 1 is 1.12 bits per heavy atom. The first-order valence-electron chi connectivity index (χ1n) is 9.02. The second kappa shape index (κ2) is 5.38. The molecule has 0 aliphatic carbocycles. The number of nitro groups is 1. The van der Waals surface area contributed by atoms with Crippen LogP contribution in [0.2, 0.25) is 0 Å². The fourth-order valence-corrected chi connectivity index (χ4v) is 5.45. The number of hydrogen-bond donors (Lipinski definition) is 1. The summed E-state index contributed by atoms with van der Waals surface area (Å²) in [7, 11) is 0. The van der Waals surface area contributed by atoms with Gasteiger partial charge in [0.25, 0.3) is 11.9 Å². The molecule has 3 aliphatic rings. The summed E-state index contributed by atoms with van der Waals surface area (Å²) in [4.78, 5) is 27.5. The van der Waals surface area contributed by atoms with Gasteiger partial charge in [0, 0.05) is 28.8 Å². The van der Waals surface area contributed by atoms with Crippen molar-refractivity contribution < 1.29 is 9.72 Å². The Morgan fingerprint density at radius 2 is 1.85 bits per heavy atom. The van der Waals surface area contributed by atoms with Crippen LogP contribution in [0, 0.1) is 10.1 Å². The summed E-state index contributed by atoms with van der Waals surface area (Å²) in [5, 5.41) is 15.2. The molecule has 2 saturated heterocycles. The van der Waals surface area contributed by atoms with Gasteiger partial charge in [0.1, 0.15) is 0 Å². The Bertz CT molecular complexity index is 900. The normalized spacial score (nSPS) is 32.5. The monoisotopic (exact) mass is 349 g/mol. The number of nitrogens with one attached hydrogen (secondary N) is 1. The van der Waals surface area contributed by atoms with Crippen molar-refractivity contribution in [1.82, 2.24) is 4.90 Å². The van der Waals surface area contributed by atoms with E-state index in [0.717, 1.165) is 24.0 Å². The summed E-state index contributed by atoms with van der Waals surface area (Å²) in [6, 6.07) is 16.1. The maximum Gasteiger partial charge on any atom is 0.256 e. The van der Waals surface area contributed by atoms with Gasteiger partial charge < -0.3 is 5.32 Å². The van der Waals surface area contributed by atoms with Gasteiger partial charge in [0.2, 0.25) is 0 Å². The molecule has 5 rings (SSSR count). The molecule has 0 radical (unpaired) electrons. The third kappa shape index (κ3) is 1.77. The predicted molar refractivity (Wildman–Crippen MR) is 96.4 cm³/mol. The first kappa shape index (κ1) is 15.5. The van der Waals surface area contributed by atoms with Gasteiger partial charge in [-0.2, -0.15) is 0 Å². The van der Waals surface area contributed by atoms with Crippen molar-refractivity contribution >= 4 is 11.6 Å². The molecule has 6 nitrogen and oxygen atoms in total. The Balaban J connectivity index is 1.78. The van der Waals surface area contributed by atoms with Gasteiger partial charge in [-0.3, -0.25) is 19.8 Å². The van der Waals surface area contributed by atoms with Crippen molar-refractivity contribution in [2.75, 3.05) is 11.9 Å². The highest BCUT2D eigenvalue weighted by molar-refractivity contribution is 6.07. The van der Waals surface area contributed by atoms with Gasteiger partial charge in [-0.15, -0.1) is 0 Å². The molecule has 3 heterocycles. The molecular weight excluding hydrogens is 330 g/mol. The molecule has 0 aromatic heterocycles. The predicted octanol–water partition coefficient (Wildman–Crippen LogP) is 2.74. The Kier molecular flexibility index (Phi) is 3.21. The third-order valence-electron chi connectivity index (χ3n) is 6.28. The fourth-order valence-electron chi connectivity index (χ4n) is 5.45. The Hall–Kier alpha value is -2.73. The molecule has 4 atom stereocenters. The SMILES string of the molecule is O=C1Nc2ccccc2C12[C@H]([N+](=O)[O-])[C@@H](c1ccccc1)C1CCCN12. The lowest BCUT2D eigenvalue weighted by Gasteiger charge is -2.32. The van der Waals surface area contributed by atoms with E-state index in [4.69, 9.17) is 0 Å². The van der Waals surface area contributed by atoms with Gasteiger partial charge in [-0.1, -0.05) is 48.5 Å². The van der Waals surface area contributed by atoms with E-state index in [0.29, 0.717) is 12.2 Å². The van der Waals surface area contributed by atoms with Crippen molar-refractivity contribution in [3.63, 3.8) is 0 Å². The highest BCUT2D eigenvalue weighted by Crippen LogP contribution is 2.57. The molecule has 26 heavy (non-hydrogen) atoms. The molecule has 1 N–H and O–H groups in total. The Labute approximate surface area is 151 Å². The van der Waals surface area contributed by atoms with Crippen LogP contribution >= 0.6 is 0 Å². The van der Waals surface area contributed by atoms with Crippen molar-refractivity contribution in [3.8, 4) is 0 Å². The topological polar surface area (TPSA) is 75.5 Å². The zero-order valence-electron chi connectivity index (χ0n) is 14.2. The molecule has 2 aromatic carbocycles. The first-order valence-corrected chi connectivity index (χ1v) is 9.02. The summed E-state index contributed by atoms with van der Waals surface area (Å²) in [6.07, 6.45) is 1.83. The van der Waals surface area contributed by atoms with Crippen LogP contribution in [0.3, 0.4) is 0 Å². The van der Waals surface area contributed by atoms with Crippen LogP contribution in [0.1, 0.15) is 29.9 Å². The lowest BCUT2D eigenvalue weighted by Crippen LogP contribution is -2.55. The number of para-hydroxylation sites is 1. The molecule has 6 heteroatoms. The van der Waals surface area contributed by atoms with Crippen LogP contribution in [0.25, 0.3) is 0 Å². The zero-order valence-corrected chi connectivity index (χ0v) is 14.2. The number of fused-ring (bicyclic) bond motifs is 4. The highest BCUT2D eigenvalue weighted by atomic mass is 16.6. The summed E-state index contributed by atoms with van der Waals surface area (Å²) in [5.74, 6) is -0.559. The molecule has 2 unspecified atom stereocenters. The van der Waals surface area contributed by atoms with Gasteiger partial charge in [-0.05, 0) is 24.5 Å². The van der Waals surface area contributed by atoms with Crippen molar-refractivity contribution in [3.05, 3.63) is 75.8 Å². The smallest absolute Gasteiger partial charge is 0.256 e. The van der Waals surface area contributed by atoms with Crippen LogP contribution in [-0.4, -0.2) is 34.4 Å². The number of amides is 1. The largest absolute Gasteiger partial charge is 0.324 e. The van der Waals surface area contributed by atoms with E-state index in [1.165, 1.54) is 0 Å². The average Bonchev–Trinajstić information content (AvgIpc) is 3.29. The quantitative estimate of drug-likeness (QED) is 0.668. The minimum atomic E-state index is -1.22. The van der Waals surface area contributed by atoms with Crippen LogP contribution in [0.5, 0.6) is 0 Å². The number of hydrogen-bond acceptors (Lipinski definition) is 4. The van der Waals surface area contributed by atoms with Gasteiger partial charge in [0.05, 0.1) is 5.92 Å². The standard InChI is InChI=1S/C20H19N3O3/c24-19-20(14-9-4-5-10-15(14)21-19)18(23(25)26)17(13-7-2-1-3-8-13)16-11-6-12-22(16)20/h1-5,7-10,16-18H,6,11-12H2,(H,21,24)/t16?,17-,18+,20?/m0/s1. The minimum Gasteiger partial charge on any atom is -0.324 e. The van der Waals surface area contributed by atoms with Crippen LogP contribution in [-0.2, 0) is 10.3 Å².